The van der Waals surface area contributed by atoms with E-state index in [2.05, 4.69) is 46.3 Å². The summed E-state index contributed by atoms with van der Waals surface area (Å²) in [6, 6.07) is 16.5. The fourth-order valence-corrected chi connectivity index (χ4v) is 4.47. The molecular weight excluding hydrogens is 374 g/mol. The first-order valence-corrected chi connectivity index (χ1v) is 11.2. The fraction of sp³-hybridized carbons (Fsp3) is 0.480. The minimum Gasteiger partial charge on any atom is -0.378 e. The first-order valence-electron chi connectivity index (χ1n) is 11.2. The number of nitrogens with zero attached hydrogens (tertiary/aromatic N) is 2. The third-order valence-electron chi connectivity index (χ3n) is 6.12. The van der Waals surface area contributed by atoms with Crippen LogP contribution in [0, 0.1) is 5.92 Å². The SMILES string of the molecule is CC1CCCN(Cc2ccc(CNC(=O)c3ccccc3N3CCOCC3)cc2)C1. The first-order chi connectivity index (χ1) is 14.7. The van der Waals surface area contributed by atoms with E-state index < -0.39 is 0 Å². The van der Waals surface area contributed by atoms with Gasteiger partial charge >= 0.3 is 0 Å². The molecule has 4 rings (SSSR count). The van der Waals surface area contributed by atoms with Crippen LogP contribution < -0.4 is 10.2 Å². The summed E-state index contributed by atoms with van der Waals surface area (Å²) in [6.07, 6.45) is 2.65. The number of anilines is 1. The molecule has 0 saturated carbocycles. The minimum atomic E-state index is -0.0246. The lowest BCUT2D eigenvalue weighted by Gasteiger charge is -2.30. The summed E-state index contributed by atoms with van der Waals surface area (Å²) in [5.41, 5.74) is 4.19. The number of nitrogens with one attached hydrogen (secondary N) is 1. The lowest BCUT2D eigenvalue weighted by Crippen LogP contribution is -2.37. The second-order valence-electron chi connectivity index (χ2n) is 8.60. The van der Waals surface area contributed by atoms with Crippen molar-refractivity contribution in [1.82, 2.24) is 10.2 Å². The van der Waals surface area contributed by atoms with E-state index >= 15 is 0 Å². The fourth-order valence-electron chi connectivity index (χ4n) is 4.47. The molecule has 5 nitrogen and oxygen atoms in total. The van der Waals surface area contributed by atoms with Crippen molar-refractivity contribution in [2.45, 2.75) is 32.9 Å². The molecule has 2 aromatic carbocycles. The summed E-state index contributed by atoms with van der Waals surface area (Å²) in [7, 11) is 0. The molecule has 0 spiro atoms. The summed E-state index contributed by atoms with van der Waals surface area (Å²) in [4.78, 5) is 17.6. The molecule has 2 saturated heterocycles. The van der Waals surface area contributed by atoms with Gasteiger partial charge in [-0.1, -0.05) is 43.3 Å². The second-order valence-corrected chi connectivity index (χ2v) is 8.60. The highest BCUT2D eigenvalue weighted by Gasteiger charge is 2.18. The number of piperidine rings is 1. The number of carbonyl (C=O) groups excluding carboxylic acids is 1. The van der Waals surface area contributed by atoms with Crippen LogP contribution in [0.5, 0.6) is 0 Å². The highest BCUT2D eigenvalue weighted by atomic mass is 16.5. The predicted molar refractivity (Wildman–Crippen MR) is 121 cm³/mol. The van der Waals surface area contributed by atoms with E-state index in [1.54, 1.807) is 0 Å². The van der Waals surface area contributed by atoms with Crippen LogP contribution in [0.2, 0.25) is 0 Å². The molecule has 0 aromatic heterocycles. The van der Waals surface area contributed by atoms with Gasteiger partial charge in [0.1, 0.15) is 0 Å². The molecule has 0 bridgehead atoms. The van der Waals surface area contributed by atoms with Crippen LogP contribution in [-0.4, -0.2) is 50.2 Å². The number of hydrogen-bond acceptors (Lipinski definition) is 4. The van der Waals surface area contributed by atoms with Crippen LogP contribution in [0.4, 0.5) is 5.69 Å². The average Bonchev–Trinajstić information content (AvgIpc) is 2.79. The van der Waals surface area contributed by atoms with Crippen LogP contribution >= 0.6 is 0 Å². The third-order valence-corrected chi connectivity index (χ3v) is 6.12. The van der Waals surface area contributed by atoms with Crippen LogP contribution in [0.1, 0.15) is 41.3 Å². The smallest absolute Gasteiger partial charge is 0.253 e. The number of benzene rings is 2. The molecule has 2 aliphatic heterocycles. The summed E-state index contributed by atoms with van der Waals surface area (Å²) in [5, 5.41) is 3.09. The number of likely N-dealkylation sites (tertiary alicyclic amines) is 1. The highest BCUT2D eigenvalue weighted by Crippen LogP contribution is 2.22. The summed E-state index contributed by atoms with van der Waals surface area (Å²) in [6.45, 7) is 9.35. The second kappa shape index (κ2) is 10.1. The third kappa shape index (κ3) is 5.41. The van der Waals surface area contributed by atoms with Crippen LogP contribution in [0.25, 0.3) is 0 Å². The Bertz CT molecular complexity index is 831. The molecule has 1 atom stereocenters. The molecule has 1 unspecified atom stereocenters. The van der Waals surface area contributed by atoms with Crippen molar-refractivity contribution in [2.24, 2.45) is 5.92 Å². The molecule has 2 aromatic rings. The van der Waals surface area contributed by atoms with Crippen molar-refractivity contribution < 1.29 is 9.53 Å². The number of amides is 1. The average molecular weight is 408 g/mol. The maximum Gasteiger partial charge on any atom is 0.253 e. The first kappa shape index (κ1) is 20.9. The van der Waals surface area contributed by atoms with Gasteiger partial charge in [0.25, 0.3) is 5.91 Å². The van der Waals surface area contributed by atoms with E-state index in [0.717, 1.165) is 42.4 Å². The van der Waals surface area contributed by atoms with E-state index in [9.17, 15) is 4.79 Å². The Kier molecular flexibility index (Phi) is 7.03. The maximum absolute atomic E-state index is 12.9. The minimum absolute atomic E-state index is 0.0246. The van der Waals surface area contributed by atoms with Crippen molar-refractivity contribution in [3.05, 3.63) is 65.2 Å². The molecule has 1 amide bonds. The Hall–Kier alpha value is -2.37. The molecule has 5 heteroatoms. The van der Waals surface area contributed by atoms with Crippen molar-refractivity contribution in [1.29, 1.82) is 0 Å². The van der Waals surface area contributed by atoms with E-state index in [1.807, 2.05) is 24.3 Å². The number of hydrogen-bond donors (Lipinski definition) is 1. The van der Waals surface area contributed by atoms with Crippen molar-refractivity contribution in [3.8, 4) is 0 Å². The zero-order valence-corrected chi connectivity index (χ0v) is 18.0. The molecule has 30 heavy (non-hydrogen) atoms. The Labute approximate surface area is 180 Å². The lowest BCUT2D eigenvalue weighted by atomic mass is 9.99. The van der Waals surface area contributed by atoms with E-state index in [4.69, 9.17) is 4.74 Å². The molecule has 0 aliphatic carbocycles. The summed E-state index contributed by atoms with van der Waals surface area (Å²) >= 11 is 0. The zero-order valence-electron chi connectivity index (χ0n) is 18.0. The Morgan fingerprint density at radius 3 is 2.53 bits per heavy atom. The number of para-hydroxylation sites is 1. The van der Waals surface area contributed by atoms with Gasteiger partial charge in [-0.15, -0.1) is 0 Å². The van der Waals surface area contributed by atoms with Gasteiger partial charge in [0, 0.05) is 38.4 Å². The van der Waals surface area contributed by atoms with E-state index in [1.165, 1.54) is 31.5 Å². The molecule has 0 radical (unpaired) electrons. The summed E-state index contributed by atoms with van der Waals surface area (Å²) in [5.74, 6) is 0.775. The van der Waals surface area contributed by atoms with Crippen molar-refractivity contribution in [2.75, 3.05) is 44.3 Å². The topological polar surface area (TPSA) is 44.8 Å². The van der Waals surface area contributed by atoms with Crippen molar-refractivity contribution in [3.63, 3.8) is 0 Å². The lowest BCUT2D eigenvalue weighted by molar-refractivity contribution is 0.0949. The molecule has 160 valence electrons. The van der Waals surface area contributed by atoms with Gasteiger partial charge in [-0.2, -0.15) is 0 Å². The van der Waals surface area contributed by atoms with Gasteiger partial charge in [0.05, 0.1) is 18.8 Å². The number of rotatable bonds is 6. The normalized spacial score (nSPS) is 20.2. The van der Waals surface area contributed by atoms with Crippen molar-refractivity contribution >= 4 is 11.6 Å². The zero-order chi connectivity index (χ0) is 20.8. The predicted octanol–water partition coefficient (Wildman–Crippen LogP) is 3.69. The standard InChI is InChI=1S/C25H33N3O2/c1-20-5-4-12-27(18-20)19-22-10-8-21(9-11-22)17-26-25(29)23-6-2-3-7-24(23)28-13-15-30-16-14-28/h2-3,6-11,20H,4-5,12-19H2,1H3,(H,26,29). The van der Waals surface area contributed by atoms with Gasteiger partial charge < -0.3 is 15.0 Å². The highest BCUT2D eigenvalue weighted by molar-refractivity contribution is 5.99. The number of morpholine rings is 1. The summed E-state index contributed by atoms with van der Waals surface area (Å²) < 4.78 is 5.44. The van der Waals surface area contributed by atoms with Gasteiger partial charge in [0.15, 0.2) is 0 Å². The van der Waals surface area contributed by atoms with Crippen LogP contribution in [-0.2, 0) is 17.8 Å². The molecule has 2 heterocycles. The Balaban J connectivity index is 1.33. The Morgan fingerprint density at radius 1 is 1.03 bits per heavy atom. The molecule has 2 aliphatic rings. The monoisotopic (exact) mass is 407 g/mol. The molecule has 2 fully saturated rings. The quantitative estimate of drug-likeness (QED) is 0.793. The van der Waals surface area contributed by atoms with E-state index in [0.29, 0.717) is 19.8 Å². The van der Waals surface area contributed by atoms with Crippen LogP contribution in [0.15, 0.2) is 48.5 Å². The van der Waals surface area contributed by atoms with Gasteiger partial charge in [-0.25, -0.2) is 0 Å². The van der Waals surface area contributed by atoms with Gasteiger partial charge in [-0.3, -0.25) is 9.69 Å². The molecule has 1 N–H and O–H groups in total. The van der Waals surface area contributed by atoms with Gasteiger partial charge in [-0.05, 0) is 48.6 Å². The maximum atomic E-state index is 12.9. The molecular formula is C25H33N3O2. The largest absolute Gasteiger partial charge is 0.378 e. The number of ether oxygens (including phenoxy) is 1. The van der Waals surface area contributed by atoms with Gasteiger partial charge in [0.2, 0.25) is 0 Å². The Morgan fingerprint density at radius 2 is 1.77 bits per heavy atom. The van der Waals surface area contributed by atoms with E-state index in [-0.39, 0.29) is 5.91 Å². The van der Waals surface area contributed by atoms with Crippen LogP contribution in [0.3, 0.4) is 0 Å². The number of carbonyl (C=O) groups is 1.